The molecule has 0 spiro atoms. The molecule has 27 heavy (non-hydrogen) atoms. The third-order valence-corrected chi connectivity index (χ3v) is 4.24. The number of anilines is 1. The molecule has 0 aliphatic rings. The van der Waals surface area contributed by atoms with Crippen molar-refractivity contribution in [2.45, 2.75) is 40.7 Å². The van der Waals surface area contributed by atoms with E-state index in [0.29, 0.717) is 30.9 Å². The summed E-state index contributed by atoms with van der Waals surface area (Å²) in [7, 11) is 0. The van der Waals surface area contributed by atoms with E-state index in [1.807, 2.05) is 34.6 Å². The Bertz CT molecular complexity index is 625. The van der Waals surface area contributed by atoms with E-state index in [9.17, 15) is 14.4 Å². The van der Waals surface area contributed by atoms with E-state index in [1.165, 1.54) is 0 Å². The van der Waals surface area contributed by atoms with E-state index in [4.69, 9.17) is 0 Å². The van der Waals surface area contributed by atoms with E-state index in [0.717, 1.165) is 4.90 Å². The Balaban J connectivity index is 2.61. The van der Waals surface area contributed by atoms with Crippen LogP contribution in [-0.2, 0) is 9.59 Å². The Hall–Kier alpha value is -2.41. The number of nitrogens with one attached hydrogen (secondary N) is 3. The van der Waals surface area contributed by atoms with Crippen LogP contribution in [0.3, 0.4) is 0 Å². The number of likely N-dealkylation sites (N-methyl/N-ethyl adjacent to an activating group) is 1. The fourth-order valence-corrected chi connectivity index (χ4v) is 2.73. The van der Waals surface area contributed by atoms with Gasteiger partial charge in [0.05, 0.1) is 6.54 Å². The van der Waals surface area contributed by atoms with E-state index in [2.05, 4.69) is 10.6 Å². The molecule has 0 aliphatic heterocycles. The van der Waals surface area contributed by atoms with Gasteiger partial charge < -0.3 is 20.4 Å². The van der Waals surface area contributed by atoms with Crippen LogP contribution in [0.4, 0.5) is 5.69 Å². The number of benzene rings is 1. The minimum atomic E-state index is -0.160. The topological polar surface area (TPSA) is 83.0 Å². The van der Waals surface area contributed by atoms with Crippen LogP contribution in [0.2, 0.25) is 0 Å². The first kappa shape index (κ1) is 22.6. The molecule has 0 radical (unpaired) electrons. The normalized spacial score (nSPS) is 11.8. The molecular weight excluding hydrogens is 344 g/mol. The lowest BCUT2D eigenvalue weighted by atomic mass is 10.1. The number of hydrogen-bond acceptors (Lipinski definition) is 3. The van der Waals surface area contributed by atoms with Gasteiger partial charge in [-0.25, -0.2) is 0 Å². The Kier molecular flexibility index (Phi) is 9.50. The average Bonchev–Trinajstić information content (AvgIpc) is 2.61. The highest BCUT2D eigenvalue weighted by atomic mass is 16.2. The fraction of sp³-hybridized carbons (Fsp3) is 0.550. The lowest BCUT2D eigenvalue weighted by Crippen LogP contribution is -3.14. The maximum atomic E-state index is 12.3. The Labute approximate surface area is 162 Å². The molecule has 3 N–H and O–H groups in total. The van der Waals surface area contributed by atoms with Crippen molar-refractivity contribution in [3.8, 4) is 0 Å². The highest BCUT2D eigenvalue weighted by molar-refractivity contribution is 5.96. The quantitative estimate of drug-likeness (QED) is 0.556. The summed E-state index contributed by atoms with van der Waals surface area (Å²) in [4.78, 5) is 39.1. The Morgan fingerprint density at radius 2 is 1.52 bits per heavy atom. The predicted octanol–water partition coefficient (Wildman–Crippen LogP) is 0.537. The third-order valence-electron chi connectivity index (χ3n) is 4.24. The number of carbonyl (C=O) groups is 3. The fourth-order valence-electron chi connectivity index (χ4n) is 2.73. The molecule has 1 aromatic carbocycles. The smallest absolute Gasteiger partial charge is 0.279 e. The average molecular weight is 378 g/mol. The zero-order valence-corrected chi connectivity index (χ0v) is 17.1. The summed E-state index contributed by atoms with van der Waals surface area (Å²) in [6.45, 7) is 12.1. The zero-order valence-electron chi connectivity index (χ0n) is 17.1. The summed E-state index contributed by atoms with van der Waals surface area (Å²) in [5.74, 6) is -0.239. The number of quaternary nitrogens is 1. The minimum Gasteiger partial charge on any atom is -0.349 e. The van der Waals surface area contributed by atoms with Crippen LogP contribution in [0.1, 0.15) is 45.0 Å². The van der Waals surface area contributed by atoms with Crippen molar-refractivity contribution in [1.29, 1.82) is 0 Å². The van der Waals surface area contributed by atoms with E-state index < -0.39 is 0 Å². The molecule has 1 atom stereocenters. The largest absolute Gasteiger partial charge is 0.349 e. The van der Waals surface area contributed by atoms with Gasteiger partial charge in [0.25, 0.3) is 17.7 Å². The molecule has 3 amide bonds. The van der Waals surface area contributed by atoms with Crippen molar-refractivity contribution in [2.75, 3.05) is 38.0 Å². The Morgan fingerprint density at radius 1 is 0.963 bits per heavy atom. The maximum Gasteiger partial charge on any atom is 0.279 e. The highest BCUT2D eigenvalue weighted by Gasteiger charge is 2.17. The van der Waals surface area contributed by atoms with Crippen LogP contribution >= 0.6 is 0 Å². The van der Waals surface area contributed by atoms with Gasteiger partial charge in [0.2, 0.25) is 0 Å². The molecule has 0 fully saturated rings. The van der Waals surface area contributed by atoms with Crippen LogP contribution in [-0.4, -0.2) is 61.4 Å². The number of rotatable bonds is 10. The first-order valence-corrected chi connectivity index (χ1v) is 9.62. The molecule has 7 heteroatoms. The standard InChI is InChI=1S/C20H32N4O3/c1-6-23(13-18(25)21-15(4)5)14-19(26)22-17-11-9-16(10-12-17)20(27)24(7-2)8-3/h9-12,15H,6-8,13-14H2,1-5H3,(H,21,25)(H,22,26)/p+1. The van der Waals surface area contributed by atoms with Crippen molar-refractivity contribution >= 4 is 23.4 Å². The second kappa shape index (κ2) is 11.3. The summed E-state index contributed by atoms with van der Waals surface area (Å²) in [6.07, 6.45) is 0. The molecule has 0 heterocycles. The summed E-state index contributed by atoms with van der Waals surface area (Å²) in [5, 5.41) is 5.67. The van der Waals surface area contributed by atoms with Crippen LogP contribution in [0, 0.1) is 0 Å². The van der Waals surface area contributed by atoms with Gasteiger partial charge in [-0.3, -0.25) is 14.4 Å². The first-order valence-electron chi connectivity index (χ1n) is 9.62. The molecule has 1 rings (SSSR count). The Morgan fingerprint density at radius 3 is 2.00 bits per heavy atom. The molecule has 0 saturated heterocycles. The van der Waals surface area contributed by atoms with Crippen molar-refractivity contribution in [3.63, 3.8) is 0 Å². The van der Waals surface area contributed by atoms with Gasteiger partial charge >= 0.3 is 0 Å². The monoisotopic (exact) mass is 377 g/mol. The minimum absolute atomic E-state index is 0.0179. The molecule has 0 saturated carbocycles. The molecular formula is C20H33N4O3+. The summed E-state index contributed by atoms with van der Waals surface area (Å²) in [5.41, 5.74) is 1.24. The van der Waals surface area contributed by atoms with Crippen LogP contribution < -0.4 is 15.5 Å². The van der Waals surface area contributed by atoms with Gasteiger partial charge in [-0.1, -0.05) is 0 Å². The van der Waals surface area contributed by atoms with E-state index in [1.54, 1.807) is 29.2 Å². The van der Waals surface area contributed by atoms with Crippen molar-refractivity contribution in [1.82, 2.24) is 10.2 Å². The summed E-state index contributed by atoms with van der Waals surface area (Å²) >= 11 is 0. The summed E-state index contributed by atoms with van der Waals surface area (Å²) in [6, 6.07) is 6.98. The molecule has 0 aliphatic carbocycles. The van der Waals surface area contributed by atoms with Crippen molar-refractivity contribution in [3.05, 3.63) is 29.8 Å². The van der Waals surface area contributed by atoms with Crippen molar-refractivity contribution in [2.24, 2.45) is 0 Å². The van der Waals surface area contributed by atoms with Crippen LogP contribution in [0.15, 0.2) is 24.3 Å². The van der Waals surface area contributed by atoms with E-state index in [-0.39, 0.29) is 36.9 Å². The van der Waals surface area contributed by atoms with Gasteiger partial charge in [0, 0.05) is 30.4 Å². The number of carbonyl (C=O) groups excluding carboxylic acids is 3. The number of amides is 3. The molecule has 1 aromatic rings. The van der Waals surface area contributed by atoms with Crippen molar-refractivity contribution < 1.29 is 19.3 Å². The number of nitrogens with zero attached hydrogens (tertiary/aromatic N) is 1. The highest BCUT2D eigenvalue weighted by Crippen LogP contribution is 2.11. The predicted molar refractivity (Wildman–Crippen MR) is 107 cm³/mol. The van der Waals surface area contributed by atoms with Gasteiger partial charge in [-0.15, -0.1) is 0 Å². The van der Waals surface area contributed by atoms with Gasteiger partial charge in [-0.05, 0) is 58.9 Å². The first-order chi connectivity index (χ1) is 12.8. The van der Waals surface area contributed by atoms with Crippen LogP contribution in [0.5, 0.6) is 0 Å². The maximum absolute atomic E-state index is 12.3. The van der Waals surface area contributed by atoms with Gasteiger partial charge in [0.15, 0.2) is 13.1 Å². The zero-order chi connectivity index (χ0) is 20.4. The van der Waals surface area contributed by atoms with Gasteiger partial charge in [0.1, 0.15) is 0 Å². The molecule has 7 nitrogen and oxygen atoms in total. The lowest BCUT2D eigenvalue weighted by molar-refractivity contribution is -0.881. The third kappa shape index (κ3) is 7.78. The second-order valence-electron chi connectivity index (χ2n) is 6.78. The molecule has 1 unspecified atom stereocenters. The molecule has 150 valence electrons. The number of hydrogen-bond donors (Lipinski definition) is 3. The second-order valence-corrected chi connectivity index (χ2v) is 6.78. The molecule has 0 aromatic heterocycles. The lowest BCUT2D eigenvalue weighted by Gasteiger charge is -2.19. The van der Waals surface area contributed by atoms with Gasteiger partial charge in [-0.2, -0.15) is 0 Å². The summed E-state index contributed by atoms with van der Waals surface area (Å²) < 4.78 is 0. The van der Waals surface area contributed by atoms with Crippen LogP contribution in [0.25, 0.3) is 0 Å². The molecule has 0 bridgehead atoms. The SMILES string of the molecule is CCN(CC)C(=O)c1ccc(NC(=O)C[NH+](CC)CC(=O)NC(C)C)cc1. The van der Waals surface area contributed by atoms with E-state index >= 15 is 0 Å².